The van der Waals surface area contributed by atoms with E-state index >= 15 is 0 Å². The highest BCUT2D eigenvalue weighted by molar-refractivity contribution is 7.89. The number of esters is 1. The minimum atomic E-state index is -3.27. The third-order valence-electron chi connectivity index (χ3n) is 3.12. The van der Waals surface area contributed by atoms with Crippen molar-refractivity contribution < 1.29 is 17.9 Å². The molecule has 1 saturated heterocycles. The number of hydrogen-bond acceptors (Lipinski definition) is 5. The minimum absolute atomic E-state index is 0.00639. The van der Waals surface area contributed by atoms with Crippen molar-refractivity contribution in [3.05, 3.63) is 0 Å². The zero-order chi connectivity index (χ0) is 13.6. The van der Waals surface area contributed by atoms with Gasteiger partial charge in [0.25, 0.3) is 0 Å². The van der Waals surface area contributed by atoms with E-state index in [9.17, 15) is 13.2 Å². The summed E-state index contributed by atoms with van der Waals surface area (Å²) in [6.45, 7) is 3.89. The maximum absolute atomic E-state index is 12.2. The number of carbonyl (C=O) groups is 1. The van der Waals surface area contributed by atoms with Crippen molar-refractivity contribution in [2.45, 2.75) is 32.2 Å². The first-order chi connectivity index (χ1) is 8.51. The zero-order valence-electron chi connectivity index (χ0n) is 11.0. The predicted octanol–water partition coefficient (Wildman–Crippen LogP) is -0.0468. The van der Waals surface area contributed by atoms with Crippen LogP contribution in [0.15, 0.2) is 0 Å². The number of likely N-dealkylation sites (N-methyl/N-ethyl adjacent to an activating group) is 1. The largest absolute Gasteiger partial charge is 0.469 e. The number of sulfonamides is 1. The van der Waals surface area contributed by atoms with Crippen molar-refractivity contribution in [1.82, 2.24) is 9.62 Å². The van der Waals surface area contributed by atoms with Crippen LogP contribution in [0.4, 0.5) is 0 Å². The second kappa shape index (κ2) is 7.06. The molecule has 7 heteroatoms. The van der Waals surface area contributed by atoms with Crippen LogP contribution in [0.25, 0.3) is 0 Å². The Morgan fingerprint density at radius 2 is 2.22 bits per heavy atom. The summed E-state index contributed by atoms with van der Waals surface area (Å²) in [5.74, 6) is -0.359. The lowest BCUT2D eigenvalue weighted by Gasteiger charge is -2.26. The zero-order valence-corrected chi connectivity index (χ0v) is 11.8. The first kappa shape index (κ1) is 15.4. The molecule has 0 bridgehead atoms. The van der Waals surface area contributed by atoms with Gasteiger partial charge in [-0.3, -0.25) is 4.79 Å². The molecule has 6 nitrogen and oxygen atoms in total. The lowest BCUT2D eigenvalue weighted by molar-refractivity contribution is -0.140. The van der Waals surface area contributed by atoms with Crippen molar-refractivity contribution in [3.8, 4) is 0 Å². The molecule has 1 aliphatic rings. The number of nitrogens with zero attached hydrogens (tertiary/aromatic N) is 1. The van der Waals surface area contributed by atoms with Gasteiger partial charge in [-0.15, -0.1) is 0 Å². The topological polar surface area (TPSA) is 75.7 Å². The molecule has 1 fully saturated rings. The van der Waals surface area contributed by atoms with E-state index in [1.54, 1.807) is 4.31 Å². The standard InChI is InChI=1S/C11H22N2O4S/c1-3-13(10-6-7-12-9-10)18(15,16)8-4-5-11(14)17-2/h10,12H,3-9H2,1-2H3. The van der Waals surface area contributed by atoms with Crippen molar-refractivity contribution in [3.63, 3.8) is 0 Å². The molecule has 0 aromatic carbocycles. The summed E-state index contributed by atoms with van der Waals surface area (Å²) in [6, 6.07) is 0.0538. The van der Waals surface area contributed by atoms with Crippen molar-refractivity contribution in [1.29, 1.82) is 0 Å². The van der Waals surface area contributed by atoms with Crippen LogP contribution in [0.5, 0.6) is 0 Å². The summed E-state index contributed by atoms with van der Waals surface area (Å²) in [6.07, 6.45) is 1.31. The lowest BCUT2D eigenvalue weighted by Crippen LogP contribution is -2.42. The van der Waals surface area contributed by atoms with E-state index in [1.807, 2.05) is 6.92 Å². The molecule has 0 spiro atoms. The fraction of sp³-hybridized carbons (Fsp3) is 0.909. The molecule has 1 atom stereocenters. The van der Waals surface area contributed by atoms with Crippen LogP contribution >= 0.6 is 0 Å². The number of hydrogen-bond donors (Lipinski definition) is 1. The third-order valence-corrected chi connectivity index (χ3v) is 5.20. The van der Waals surface area contributed by atoms with Crippen LogP contribution in [0, 0.1) is 0 Å². The van der Waals surface area contributed by atoms with Gasteiger partial charge in [0.05, 0.1) is 12.9 Å². The summed E-state index contributed by atoms with van der Waals surface area (Å²) in [5.41, 5.74) is 0. The highest BCUT2D eigenvalue weighted by Gasteiger charge is 2.30. The number of rotatable bonds is 7. The van der Waals surface area contributed by atoms with E-state index in [0.717, 1.165) is 13.0 Å². The Kier molecular flexibility index (Phi) is 6.04. The molecule has 0 aromatic rings. The van der Waals surface area contributed by atoms with E-state index in [0.29, 0.717) is 19.5 Å². The highest BCUT2D eigenvalue weighted by atomic mass is 32.2. The van der Waals surface area contributed by atoms with Crippen molar-refractivity contribution in [2.24, 2.45) is 0 Å². The Bertz CT molecular complexity index is 363. The molecule has 0 amide bonds. The van der Waals surface area contributed by atoms with Gasteiger partial charge in [-0.05, 0) is 19.4 Å². The average Bonchev–Trinajstić information content (AvgIpc) is 2.82. The molecule has 1 heterocycles. The van der Waals surface area contributed by atoms with Gasteiger partial charge in [0.2, 0.25) is 10.0 Å². The summed E-state index contributed by atoms with van der Waals surface area (Å²) < 4.78 is 30.4. The van der Waals surface area contributed by atoms with Crippen molar-refractivity contribution >= 4 is 16.0 Å². The van der Waals surface area contributed by atoms with Gasteiger partial charge in [-0.25, -0.2) is 8.42 Å². The maximum Gasteiger partial charge on any atom is 0.305 e. The molecule has 1 aliphatic heterocycles. The first-order valence-corrected chi connectivity index (χ1v) is 7.89. The van der Waals surface area contributed by atoms with Gasteiger partial charge < -0.3 is 10.1 Å². The molecule has 1 N–H and O–H groups in total. The fourth-order valence-electron chi connectivity index (χ4n) is 2.19. The second-order valence-electron chi connectivity index (χ2n) is 4.35. The van der Waals surface area contributed by atoms with E-state index in [1.165, 1.54) is 7.11 Å². The molecule has 1 rings (SSSR count). The average molecular weight is 278 g/mol. The highest BCUT2D eigenvalue weighted by Crippen LogP contribution is 2.14. The predicted molar refractivity (Wildman–Crippen MR) is 68.7 cm³/mol. The molecule has 0 aliphatic carbocycles. The first-order valence-electron chi connectivity index (χ1n) is 6.28. The summed E-state index contributed by atoms with van der Waals surface area (Å²) >= 11 is 0. The number of methoxy groups -OCH3 is 1. The van der Waals surface area contributed by atoms with Gasteiger partial charge in [-0.1, -0.05) is 6.92 Å². The quantitative estimate of drug-likeness (QED) is 0.661. The second-order valence-corrected chi connectivity index (χ2v) is 6.39. The molecule has 106 valence electrons. The monoisotopic (exact) mass is 278 g/mol. The van der Waals surface area contributed by atoms with Crippen LogP contribution < -0.4 is 5.32 Å². The SMILES string of the molecule is CCN(C1CCNC1)S(=O)(=O)CCCC(=O)OC. The van der Waals surface area contributed by atoms with Crippen LogP contribution in [0.2, 0.25) is 0 Å². The Hall–Kier alpha value is -0.660. The van der Waals surface area contributed by atoms with E-state index in [-0.39, 0.29) is 24.2 Å². The van der Waals surface area contributed by atoms with Gasteiger partial charge in [0.15, 0.2) is 0 Å². The van der Waals surface area contributed by atoms with Crippen LogP contribution in [0.1, 0.15) is 26.2 Å². The smallest absolute Gasteiger partial charge is 0.305 e. The Labute approximate surface area is 109 Å². The van der Waals surface area contributed by atoms with E-state index in [4.69, 9.17) is 0 Å². The summed E-state index contributed by atoms with van der Waals surface area (Å²) in [7, 11) is -1.97. The van der Waals surface area contributed by atoms with E-state index in [2.05, 4.69) is 10.1 Å². The summed E-state index contributed by atoms with van der Waals surface area (Å²) in [4.78, 5) is 11.0. The van der Waals surface area contributed by atoms with Gasteiger partial charge in [-0.2, -0.15) is 4.31 Å². The Morgan fingerprint density at radius 3 is 2.72 bits per heavy atom. The van der Waals surface area contributed by atoms with Crippen LogP contribution in [0.3, 0.4) is 0 Å². The summed E-state index contributed by atoms with van der Waals surface area (Å²) in [5, 5.41) is 3.16. The van der Waals surface area contributed by atoms with Crippen LogP contribution in [-0.2, 0) is 19.6 Å². The molecule has 0 aromatic heterocycles. The van der Waals surface area contributed by atoms with Crippen LogP contribution in [-0.4, -0.2) is 57.2 Å². The van der Waals surface area contributed by atoms with Gasteiger partial charge in [0.1, 0.15) is 0 Å². The number of nitrogens with one attached hydrogen (secondary N) is 1. The maximum atomic E-state index is 12.2. The molecule has 0 radical (unpaired) electrons. The molecular weight excluding hydrogens is 256 g/mol. The Balaban J connectivity index is 2.51. The number of carbonyl (C=O) groups excluding carboxylic acids is 1. The van der Waals surface area contributed by atoms with Gasteiger partial charge in [0, 0.05) is 25.6 Å². The number of ether oxygens (including phenoxy) is 1. The fourth-order valence-corrected chi connectivity index (χ4v) is 3.96. The molecule has 0 saturated carbocycles. The molecule has 18 heavy (non-hydrogen) atoms. The lowest BCUT2D eigenvalue weighted by atomic mass is 10.3. The molecular formula is C11H22N2O4S. The Morgan fingerprint density at radius 1 is 1.50 bits per heavy atom. The molecule has 1 unspecified atom stereocenters. The van der Waals surface area contributed by atoms with Gasteiger partial charge >= 0.3 is 5.97 Å². The third kappa shape index (κ3) is 4.22. The van der Waals surface area contributed by atoms with E-state index < -0.39 is 10.0 Å². The van der Waals surface area contributed by atoms with Crippen molar-refractivity contribution in [2.75, 3.05) is 32.5 Å². The minimum Gasteiger partial charge on any atom is -0.469 e. The normalized spacial score (nSPS) is 20.3.